The quantitative estimate of drug-likeness (QED) is 0.481. The predicted octanol–water partition coefficient (Wildman–Crippen LogP) is 4.64. The first kappa shape index (κ1) is 19.8. The molecule has 3 aromatic carbocycles. The van der Waals surface area contributed by atoms with Gasteiger partial charge in [0.1, 0.15) is 19.1 Å². The monoisotopic (exact) mass is 458 g/mol. The lowest BCUT2D eigenvalue weighted by molar-refractivity contribution is -0.139. The molecule has 0 saturated heterocycles. The summed E-state index contributed by atoms with van der Waals surface area (Å²) in [6.45, 7) is 0.870. The number of anilines is 1. The molecule has 0 bridgehead atoms. The number of ether oxygens (including phenoxy) is 2. The minimum absolute atomic E-state index is 0.252. The molecule has 1 amide bonds. The number of aromatic nitrogens is 1. The standard InChI is InChI=1S/C25H18N2O5S/c28-24-17-4-2-1-3-16(17)22(25(29)30)23(14-5-7-19-20(11-14)32-10-9-31-19)27(24)15-6-8-21-18(12-15)26-13-33-21/h1-8,11-13,22-23H,9-10H2,(H,29,30)/t22-,23+/m0/s1. The minimum atomic E-state index is -1.01. The van der Waals surface area contributed by atoms with E-state index in [0.29, 0.717) is 47.1 Å². The van der Waals surface area contributed by atoms with Crippen LogP contribution >= 0.6 is 11.3 Å². The Bertz CT molecular complexity index is 1410. The van der Waals surface area contributed by atoms with E-state index in [9.17, 15) is 14.7 Å². The van der Waals surface area contributed by atoms with Crippen molar-refractivity contribution in [1.29, 1.82) is 0 Å². The van der Waals surface area contributed by atoms with Crippen LogP contribution in [0.25, 0.3) is 10.2 Å². The number of carboxylic acids is 1. The van der Waals surface area contributed by atoms with Gasteiger partial charge in [-0.25, -0.2) is 4.98 Å². The van der Waals surface area contributed by atoms with E-state index in [-0.39, 0.29) is 5.91 Å². The van der Waals surface area contributed by atoms with Crippen molar-refractivity contribution < 1.29 is 24.2 Å². The minimum Gasteiger partial charge on any atom is -0.486 e. The highest BCUT2D eigenvalue weighted by Crippen LogP contribution is 2.47. The zero-order valence-electron chi connectivity index (χ0n) is 17.3. The van der Waals surface area contributed by atoms with Gasteiger partial charge < -0.3 is 14.6 Å². The Hall–Kier alpha value is -3.91. The van der Waals surface area contributed by atoms with Gasteiger partial charge in [-0.15, -0.1) is 11.3 Å². The van der Waals surface area contributed by atoms with Crippen LogP contribution in [-0.2, 0) is 4.79 Å². The van der Waals surface area contributed by atoms with Gasteiger partial charge in [-0.05, 0) is 47.5 Å². The molecule has 2 aliphatic rings. The first-order chi connectivity index (χ1) is 16.1. The molecule has 0 fully saturated rings. The van der Waals surface area contributed by atoms with Crippen molar-refractivity contribution in [1.82, 2.24) is 4.98 Å². The number of aliphatic carboxylic acids is 1. The third-order valence-electron chi connectivity index (χ3n) is 6.10. The summed E-state index contributed by atoms with van der Waals surface area (Å²) in [6, 6.07) is 17.1. The molecule has 0 aliphatic carbocycles. The van der Waals surface area contributed by atoms with E-state index < -0.39 is 17.9 Å². The number of hydrogen-bond donors (Lipinski definition) is 1. The number of hydrogen-bond acceptors (Lipinski definition) is 6. The molecule has 3 heterocycles. The second kappa shape index (κ2) is 7.60. The molecule has 0 unspecified atom stereocenters. The average molecular weight is 458 g/mol. The Morgan fingerprint density at radius 2 is 1.85 bits per heavy atom. The van der Waals surface area contributed by atoms with Crippen molar-refractivity contribution in [3.8, 4) is 11.5 Å². The van der Waals surface area contributed by atoms with Crippen LogP contribution in [0.3, 0.4) is 0 Å². The second-order valence-corrected chi connectivity index (χ2v) is 8.82. The number of fused-ring (bicyclic) bond motifs is 3. The van der Waals surface area contributed by atoms with Gasteiger partial charge in [0.2, 0.25) is 0 Å². The zero-order valence-corrected chi connectivity index (χ0v) is 18.1. The van der Waals surface area contributed by atoms with Crippen molar-refractivity contribution in [2.75, 3.05) is 18.1 Å². The molecule has 0 saturated carbocycles. The van der Waals surface area contributed by atoms with Crippen LogP contribution in [-0.4, -0.2) is 35.2 Å². The number of rotatable bonds is 3. The summed E-state index contributed by atoms with van der Waals surface area (Å²) in [7, 11) is 0. The van der Waals surface area contributed by atoms with Crippen LogP contribution in [0, 0.1) is 0 Å². The van der Waals surface area contributed by atoms with Gasteiger partial charge in [-0.1, -0.05) is 24.3 Å². The predicted molar refractivity (Wildman–Crippen MR) is 123 cm³/mol. The lowest BCUT2D eigenvalue weighted by atomic mass is 9.79. The topological polar surface area (TPSA) is 89.0 Å². The van der Waals surface area contributed by atoms with Crippen LogP contribution in [0.2, 0.25) is 0 Å². The summed E-state index contributed by atoms with van der Waals surface area (Å²) in [5, 5.41) is 10.3. The fourth-order valence-electron chi connectivity index (χ4n) is 4.67. The molecule has 1 aromatic heterocycles. The van der Waals surface area contributed by atoms with E-state index in [2.05, 4.69) is 4.98 Å². The zero-order chi connectivity index (χ0) is 22.5. The number of thiazole rings is 1. The molecule has 6 rings (SSSR count). The Labute approximate surface area is 192 Å². The maximum Gasteiger partial charge on any atom is 0.313 e. The molecule has 0 spiro atoms. The van der Waals surface area contributed by atoms with Gasteiger partial charge in [-0.2, -0.15) is 0 Å². The van der Waals surface area contributed by atoms with Gasteiger partial charge in [-0.3, -0.25) is 14.5 Å². The third-order valence-corrected chi connectivity index (χ3v) is 6.91. The lowest BCUT2D eigenvalue weighted by Crippen LogP contribution is -2.45. The largest absolute Gasteiger partial charge is 0.486 e. The van der Waals surface area contributed by atoms with Gasteiger partial charge in [0.25, 0.3) is 5.91 Å². The van der Waals surface area contributed by atoms with Crippen molar-refractivity contribution >= 4 is 39.1 Å². The van der Waals surface area contributed by atoms with E-state index in [1.807, 2.05) is 24.3 Å². The van der Waals surface area contributed by atoms with Crippen LogP contribution in [0.5, 0.6) is 11.5 Å². The fourth-order valence-corrected chi connectivity index (χ4v) is 5.32. The number of carbonyl (C=O) groups is 2. The molecule has 164 valence electrons. The van der Waals surface area contributed by atoms with Crippen molar-refractivity contribution in [2.45, 2.75) is 12.0 Å². The van der Waals surface area contributed by atoms with Gasteiger partial charge in [0.15, 0.2) is 11.5 Å². The number of benzene rings is 3. The number of amides is 1. The molecule has 4 aromatic rings. The fraction of sp³-hybridized carbons (Fsp3) is 0.160. The van der Waals surface area contributed by atoms with Crippen LogP contribution < -0.4 is 14.4 Å². The molecule has 2 aliphatic heterocycles. The Morgan fingerprint density at radius 1 is 1.03 bits per heavy atom. The Balaban J connectivity index is 1.59. The second-order valence-electron chi connectivity index (χ2n) is 7.93. The summed E-state index contributed by atoms with van der Waals surface area (Å²) in [5.74, 6) is -1.07. The number of carboxylic acid groups (broad SMARTS) is 1. The molecule has 1 N–H and O–H groups in total. The normalized spacial score (nSPS) is 19.4. The van der Waals surface area contributed by atoms with E-state index in [1.165, 1.54) is 11.3 Å². The molecule has 2 atom stereocenters. The summed E-state index contributed by atoms with van der Waals surface area (Å²) < 4.78 is 12.4. The summed E-state index contributed by atoms with van der Waals surface area (Å²) in [5.41, 5.74) is 4.65. The lowest BCUT2D eigenvalue weighted by Gasteiger charge is -2.41. The van der Waals surface area contributed by atoms with Crippen LogP contribution in [0.1, 0.15) is 33.4 Å². The van der Waals surface area contributed by atoms with Crippen LogP contribution in [0.4, 0.5) is 5.69 Å². The van der Waals surface area contributed by atoms with Gasteiger partial charge >= 0.3 is 5.97 Å². The van der Waals surface area contributed by atoms with Crippen molar-refractivity contribution in [2.24, 2.45) is 0 Å². The first-order valence-electron chi connectivity index (χ1n) is 10.5. The van der Waals surface area contributed by atoms with Crippen molar-refractivity contribution in [3.63, 3.8) is 0 Å². The van der Waals surface area contributed by atoms with E-state index >= 15 is 0 Å². The third kappa shape index (κ3) is 3.14. The van der Waals surface area contributed by atoms with Crippen LogP contribution in [0.15, 0.2) is 66.2 Å². The summed E-state index contributed by atoms with van der Waals surface area (Å²) in [6.07, 6.45) is 0. The van der Waals surface area contributed by atoms with E-state index in [1.54, 1.807) is 46.8 Å². The summed E-state index contributed by atoms with van der Waals surface area (Å²) >= 11 is 1.51. The number of carbonyl (C=O) groups excluding carboxylic acids is 1. The maximum atomic E-state index is 13.8. The highest BCUT2D eigenvalue weighted by atomic mass is 32.1. The molecular formula is C25H18N2O5S. The smallest absolute Gasteiger partial charge is 0.313 e. The molecule has 0 radical (unpaired) electrons. The van der Waals surface area contributed by atoms with Gasteiger partial charge in [0, 0.05) is 11.3 Å². The molecule has 33 heavy (non-hydrogen) atoms. The molecular weight excluding hydrogens is 440 g/mol. The average Bonchev–Trinajstić information content (AvgIpc) is 3.31. The highest BCUT2D eigenvalue weighted by molar-refractivity contribution is 7.16. The Morgan fingerprint density at radius 3 is 2.70 bits per heavy atom. The van der Waals surface area contributed by atoms with Crippen molar-refractivity contribution in [3.05, 3.63) is 82.9 Å². The number of nitrogens with zero attached hydrogens (tertiary/aromatic N) is 2. The van der Waals surface area contributed by atoms with Gasteiger partial charge in [0.05, 0.1) is 21.8 Å². The Kier molecular flexibility index (Phi) is 4.55. The first-order valence-corrected chi connectivity index (χ1v) is 11.4. The molecule has 8 heteroatoms. The maximum absolute atomic E-state index is 13.8. The van der Waals surface area contributed by atoms with E-state index in [0.717, 1.165) is 10.2 Å². The summed E-state index contributed by atoms with van der Waals surface area (Å²) in [4.78, 5) is 32.4. The SMILES string of the molecule is O=C(O)[C@H]1c2ccccc2C(=O)N(c2ccc3scnc3c2)[C@@H]1c1ccc2c(c1)OCCO2. The highest BCUT2D eigenvalue weighted by Gasteiger charge is 2.45. The van der Waals surface area contributed by atoms with E-state index in [4.69, 9.17) is 9.47 Å². The molecule has 7 nitrogen and oxygen atoms in total.